The number of urea groups is 1. The van der Waals surface area contributed by atoms with Crippen molar-refractivity contribution in [2.75, 3.05) is 38.2 Å². The van der Waals surface area contributed by atoms with Crippen molar-refractivity contribution in [2.24, 2.45) is 0 Å². The van der Waals surface area contributed by atoms with Gasteiger partial charge in [-0.1, -0.05) is 42.5 Å². The second-order valence-electron chi connectivity index (χ2n) is 6.87. The normalized spacial score (nSPS) is 15.4. The van der Waals surface area contributed by atoms with E-state index in [9.17, 15) is 4.79 Å². The number of hydrogen-bond donors (Lipinski definition) is 2. The third-order valence-electron chi connectivity index (χ3n) is 4.86. The summed E-state index contributed by atoms with van der Waals surface area (Å²) in [5.41, 5.74) is 3.01. The van der Waals surface area contributed by atoms with Gasteiger partial charge >= 0.3 is 6.03 Å². The van der Waals surface area contributed by atoms with Crippen LogP contribution in [-0.2, 0) is 11.2 Å². The van der Waals surface area contributed by atoms with E-state index < -0.39 is 0 Å². The van der Waals surface area contributed by atoms with Crippen LogP contribution in [-0.4, -0.2) is 43.8 Å². The molecule has 0 bridgehead atoms. The first-order valence-electron chi connectivity index (χ1n) is 9.69. The fourth-order valence-corrected chi connectivity index (χ4v) is 3.25. The van der Waals surface area contributed by atoms with Crippen molar-refractivity contribution in [1.82, 2.24) is 10.2 Å². The van der Waals surface area contributed by atoms with Crippen molar-refractivity contribution in [3.63, 3.8) is 0 Å². The van der Waals surface area contributed by atoms with Gasteiger partial charge in [0.2, 0.25) is 0 Å². The molecule has 2 amide bonds. The molecular formula is C23H27N3O2. The summed E-state index contributed by atoms with van der Waals surface area (Å²) in [6.45, 7) is 4.67. The number of hydrogen-bond acceptors (Lipinski definition) is 3. The average molecular weight is 377 g/mol. The van der Waals surface area contributed by atoms with Crippen LogP contribution in [0.15, 0.2) is 54.6 Å². The van der Waals surface area contributed by atoms with Gasteiger partial charge in [0.15, 0.2) is 0 Å². The Bertz CT molecular complexity index is 778. The number of ether oxygens (including phenoxy) is 1. The van der Waals surface area contributed by atoms with E-state index in [-0.39, 0.29) is 12.1 Å². The smallest absolute Gasteiger partial charge is 0.319 e. The van der Waals surface area contributed by atoms with Crippen LogP contribution in [0.25, 0.3) is 0 Å². The molecule has 0 radical (unpaired) electrons. The molecule has 2 aromatic carbocycles. The van der Waals surface area contributed by atoms with Crippen molar-refractivity contribution in [1.29, 1.82) is 0 Å². The van der Waals surface area contributed by atoms with Gasteiger partial charge in [-0.15, -0.1) is 12.3 Å². The van der Waals surface area contributed by atoms with E-state index in [2.05, 4.69) is 33.6 Å². The number of nitrogens with zero attached hydrogens (tertiary/aromatic N) is 1. The summed E-state index contributed by atoms with van der Waals surface area (Å²) < 4.78 is 5.38. The number of terminal acetylenes is 1. The Morgan fingerprint density at radius 2 is 1.82 bits per heavy atom. The van der Waals surface area contributed by atoms with Gasteiger partial charge in [-0.2, -0.15) is 0 Å². The zero-order valence-corrected chi connectivity index (χ0v) is 16.1. The molecule has 5 heteroatoms. The van der Waals surface area contributed by atoms with E-state index in [1.165, 1.54) is 5.56 Å². The van der Waals surface area contributed by atoms with E-state index in [0.29, 0.717) is 6.42 Å². The highest BCUT2D eigenvalue weighted by Crippen LogP contribution is 2.17. The van der Waals surface area contributed by atoms with Gasteiger partial charge < -0.3 is 15.4 Å². The van der Waals surface area contributed by atoms with Crippen molar-refractivity contribution >= 4 is 11.7 Å². The summed E-state index contributed by atoms with van der Waals surface area (Å²) in [6.07, 6.45) is 6.90. The molecule has 2 N–H and O–H groups in total. The third kappa shape index (κ3) is 6.12. The van der Waals surface area contributed by atoms with E-state index in [0.717, 1.165) is 50.5 Å². The molecular weight excluding hydrogens is 350 g/mol. The quantitative estimate of drug-likeness (QED) is 0.727. The molecule has 5 nitrogen and oxygen atoms in total. The highest BCUT2D eigenvalue weighted by atomic mass is 16.5. The summed E-state index contributed by atoms with van der Waals surface area (Å²) in [5.74, 6) is 2.63. The average Bonchev–Trinajstić information content (AvgIpc) is 2.74. The summed E-state index contributed by atoms with van der Waals surface area (Å²) in [6, 6.07) is 17.3. The standard InChI is InChI=1S/C23H27N3O2/c1-2-6-22(20-7-4-3-5-8-20)25-23(27)24-21-11-9-19(10-12-21)13-14-26-15-17-28-18-16-26/h1,3-5,7-12,22H,6,13-18H2,(H2,24,25,27)/t22-/m0/s1. The Morgan fingerprint density at radius 3 is 2.50 bits per heavy atom. The molecule has 0 unspecified atom stereocenters. The molecule has 1 saturated heterocycles. The lowest BCUT2D eigenvalue weighted by Crippen LogP contribution is -2.37. The molecule has 1 aliphatic rings. The second-order valence-corrected chi connectivity index (χ2v) is 6.87. The Balaban J connectivity index is 1.50. The van der Waals surface area contributed by atoms with Crippen molar-refractivity contribution in [3.05, 3.63) is 65.7 Å². The molecule has 0 spiro atoms. The monoisotopic (exact) mass is 377 g/mol. The van der Waals surface area contributed by atoms with Crippen LogP contribution in [0.5, 0.6) is 0 Å². The molecule has 3 rings (SSSR count). The topological polar surface area (TPSA) is 53.6 Å². The molecule has 1 heterocycles. The minimum Gasteiger partial charge on any atom is -0.379 e. The minimum atomic E-state index is -0.259. The molecule has 0 saturated carbocycles. The zero-order chi connectivity index (χ0) is 19.6. The summed E-state index contributed by atoms with van der Waals surface area (Å²) in [7, 11) is 0. The number of nitrogens with one attached hydrogen (secondary N) is 2. The lowest BCUT2D eigenvalue weighted by molar-refractivity contribution is 0.0384. The van der Waals surface area contributed by atoms with Gasteiger partial charge in [0.25, 0.3) is 0 Å². The van der Waals surface area contributed by atoms with Crippen LogP contribution in [0.4, 0.5) is 10.5 Å². The Kier molecular flexibility index (Phi) is 7.48. The van der Waals surface area contributed by atoms with Crippen LogP contribution in [0.2, 0.25) is 0 Å². The first-order valence-corrected chi connectivity index (χ1v) is 9.69. The van der Waals surface area contributed by atoms with Gasteiger partial charge in [0.1, 0.15) is 0 Å². The van der Waals surface area contributed by atoms with Crippen LogP contribution in [0.3, 0.4) is 0 Å². The molecule has 146 valence electrons. The van der Waals surface area contributed by atoms with Gasteiger partial charge in [0, 0.05) is 31.7 Å². The molecule has 1 atom stereocenters. The number of anilines is 1. The molecule has 0 aliphatic carbocycles. The number of carbonyl (C=O) groups is 1. The lowest BCUT2D eigenvalue weighted by Gasteiger charge is -2.26. The van der Waals surface area contributed by atoms with Crippen molar-refractivity contribution < 1.29 is 9.53 Å². The second kappa shape index (κ2) is 10.5. The van der Waals surface area contributed by atoms with E-state index in [1.54, 1.807) is 0 Å². The molecule has 2 aromatic rings. The third-order valence-corrected chi connectivity index (χ3v) is 4.86. The molecule has 1 aliphatic heterocycles. The number of morpholine rings is 1. The first kappa shape index (κ1) is 19.9. The predicted octanol–water partition coefficient (Wildman–Crippen LogP) is 3.45. The van der Waals surface area contributed by atoms with Crippen molar-refractivity contribution in [2.45, 2.75) is 18.9 Å². The van der Waals surface area contributed by atoms with Gasteiger partial charge in [0.05, 0.1) is 19.3 Å². The maximum Gasteiger partial charge on any atom is 0.319 e. The van der Waals surface area contributed by atoms with Crippen LogP contribution in [0.1, 0.15) is 23.6 Å². The number of rotatable bonds is 7. The van der Waals surface area contributed by atoms with Gasteiger partial charge in [-0.25, -0.2) is 4.79 Å². The maximum absolute atomic E-state index is 12.4. The van der Waals surface area contributed by atoms with Crippen molar-refractivity contribution in [3.8, 4) is 12.3 Å². The maximum atomic E-state index is 12.4. The van der Waals surface area contributed by atoms with Crippen LogP contribution < -0.4 is 10.6 Å². The predicted molar refractivity (Wildman–Crippen MR) is 112 cm³/mol. The van der Waals surface area contributed by atoms with Crippen LogP contribution in [0, 0.1) is 12.3 Å². The molecule has 0 aromatic heterocycles. The van der Waals surface area contributed by atoms with Gasteiger partial charge in [-0.3, -0.25) is 4.90 Å². The van der Waals surface area contributed by atoms with E-state index >= 15 is 0 Å². The zero-order valence-electron chi connectivity index (χ0n) is 16.1. The summed E-state index contributed by atoms with van der Waals surface area (Å²) in [4.78, 5) is 14.8. The highest BCUT2D eigenvalue weighted by molar-refractivity contribution is 5.89. The fourth-order valence-electron chi connectivity index (χ4n) is 3.25. The Labute approximate surface area is 167 Å². The number of carbonyl (C=O) groups excluding carboxylic acids is 1. The van der Waals surface area contributed by atoms with E-state index in [4.69, 9.17) is 11.2 Å². The molecule has 1 fully saturated rings. The lowest BCUT2D eigenvalue weighted by atomic mass is 10.0. The SMILES string of the molecule is C#CC[C@H](NC(=O)Nc1ccc(CCN2CCOCC2)cc1)c1ccccc1. The van der Waals surface area contributed by atoms with Gasteiger partial charge in [-0.05, 0) is 29.7 Å². The Hall–Kier alpha value is -2.81. The van der Waals surface area contributed by atoms with Crippen LogP contribution >= 0.6 is 0 Å². The Morgan fingerprint density at radius 1 is 1.11 bits per heavy atom. The van der Waals surface area contributed by atoms with E-state index in [1.807, 2.05) is 42.5 Å². The summed E-state index contributed by atoms with van der Waals surface area (Å²) >= 11 is 0. The number of benzene rings is 2. The molecule has 28 heavy (non-hydrogen) atoms. The first-order chi connectivity index (χ1) is 13.7. The number of amides is 2. The highest BCUT2D eigenvalue weighted by Gasteiger charge is 2.13. The fraction of sp³-hybridized carbons (Fsp3) is 0.348. The minimum absolute atomic E-state index is 0.209. The summed E-state index contributed by atoms with van der Waals surface area (Å²) in [5, 5.41) is 5.84. The largest absolute Gasteiger partial charge is 0.379 e.